The molecular weight excluding hydrogens is 519 g/mol. The highest BCUT2D eigenvalue weighted by molar-refractivity contribution is 7.07. The molecule has 0 amide bonds. The average molecular weight is 538 g/mol. The Labute approximate surface area is 214 Å². The van der Waals surface area contributed by atoms with E-state index in [0.29, 0.717) is 52.5 Å². The Hall–Kier alpha value is -2.58. The van der Waals surface area contributed by atoms with Crippen molar-refractivity contribution in [2.75, 3.05) is 13.7 Å². The molecule has 1 atom stereocenters. The molecule has 1 aliphatic rings. The molecular formula is C24H19Cl3N2O4S. The quantitative estimate of drug-likeness (QED) is 0.440. The Bertz CT molecular complexity index is 1470. The topological polar surface area (TPSA) is 69.9 Å². The molecule has 10 heteroatoms. The van der Waals surface area contributed by atoms with E-state index in [4.69, 9.17) is 44.3 Å². The lowest BCUT2D eigenvalue weighted by molar-refractivity contribution is -0.139. The number of halogens is 3. The molecule has 176 valence electrons. The zero-order chi connectivity index (χ0) is 24.6. The van der Waals surface area contributed by atoms with Gasteiger partial charge in [-0.2, -0.15) is 0 Å². The van der Waals surface area contributed by atoms with Gasteiger partial charge in [-0.05, 0) is 55.3 Å². The lowest BCUT2D eigenvalue weighted by atomic mass is 9.96. The van der Waals surface area contributed by atoms with Gasteiger partial charge in [-0.1, -0.05) is 58.3 Å². The summed E-state index contributed by atoms with van der Waals surface area (Å²) >= 11 is 19.8. The van der Waals surface area contributed by atoms with Gasteiger partial charge in [0.05, 0.1) is 45.6 Å². The van der Waals surface area contributed by atoms with Crippen LogP contribution in [-0.4, -0.2) is 24.3 Å². The molecule has 1 aliphatic heterocycles. The fourth-order valence-electron chi connectivity index (χ4n) is 3.76. The minimum Gasteiger partial charge on any atom is -0.494 e. The minimum atomic E-state index is -0.710. The van der Waals surface area contributed by atoms with Crippen LogP contribution in [0.15, 0.2) is 57.5 Å². The van der Waals surface area contributed by atoms with E-state index in [9.17, 15) is 9.59 Å². The molecule has 0 bridgehead atoms. The van der Waals surface area contributed by atoms with Crippen molar-refractivity contribution in [3.8, 4) is 5.75 Å². The highest BCUT2D eigenvalue weighted by Gasteiger charge is 2.33. The Morgan fingerprint density at radius 2 is 1.82 bits per heavy atom. The molecule has 0 spiro atoms. The summed E-state index contributed by atoms with van der Waals surface area (Å²) in [6, 6.07) is 9.61. The van der Waals surface area contributed by atoms with Crippen molar-refractivity contribution >= 4 is 58.2 Å². The van der Waals surface area contributed by atoms with Gasteiger partial charge in [0.15, 0.2) is 10.6 Å². The number of methoxy groups -OCH3 is 1. The number of ether oxygens (including phenoxy) is 2. The zero-order valence-corrected chi connectivity index (χ0v) is 21.5. The maximum absolute atomic E-state index is 13.6. The first-order valence-electron chi connectivity index (χ1n) is 10.2. The van der Waals surface area contributed by atoms with Gasteiger partial charge >= 0.3 is 5.97 Å². The summed E-state index contributed by atoms with van der Waals surface area (Å²) < 4.78 is 12.4. The van der Waals surface area contributed by atoms with Crippen molar-refractivity contribution in [2.24, 2.45) is 4.99 Å². The van der Waals surface area contributed by atoms with E-state index in [-0.39, 0.29) is 12.2 Å². The van der Waals surface area contributed by atoms with E-state index in [2.05, 4.69) is 4.99 Å². The molecule has 34 heavy (non-hydrogen) atoms. The van der Waals surface area contributed by atoms with Gasteiger partial charge in [0.2, 0.25) is 0 Å². The summed E-state index contributed by atoms with van der Waals surface area (Å²) in [5, 5.41) is 1.20. The number of aromatic nitrogens is 1. The predicted octanol–water partition coefficient (Wildman–Crippen LogP) is 4.77. The first-order valence-corrected chi connectivity index (χ1v) is 12.2. The van der Waals surface area contributed by atoms with E-state index in [1.807, 2.05) is 0 Å². The summed E-state index contributed by atoms with van der Waals surface area (Å²) in [5.74, 6) is -0.161. The number of rotatable bonds is 5. The monoisotopic (exact) mass is 536 g/mol. The molecule has 2 aromatic carbocycles. The molecule has 0 aliphatic carbocycles. The van der Waals surface area contributed by atoms with Crippen molar-refractivity contribution in [2.45, 2.75) is 19.9 Å². The number of carbonyl (C=O) groups is 1. The van der Waals surface area contributed by atoms with Crippen LogP contribution >= 0.6 is 46.1 Å². The van der Waals surface area contributed by atoms with Gasteiger partial charge in [-0.15, -0.1) is 0 Å². The maximum atomic E-state index is 13.6. The number of nitrogens with zero attached hydrogens (tertiary/aromatic N) is 2. The van der Waals surface area contributed by atoms with Crippen molar-refractivity contribution in [1.29, 1.82) is 0 Å². The fourth-order valence-corrected chi connectivity index (χ4v) is 5.59. The van der Waals surface area contributed by atoms with E-state index >= 15 is 0 Å². The lowest BCUT2D eigenvalue weighted by Gasteiger charge is -2.24. The molecule has 0 saturated heterocycles. The number of benzene rings is 2. The smallest absolute Gasteiger partial charge is 0.338 e. The van der Waals surface area contributed by atoms with E-state index in [1.54, 1.807) is 56.3 Å². The van der Waals surface area contributed by atoms with Crippen molar-refractivity contribution in [3.63, 3.8) is 0 Å². The van der Waals surface area contributed by atoms with Gasteiger partial charge in [-0.3, -0.25) is 9.36 Å². The number of carbonyl (C=O) groups excluding carboxylic acids is 1. The van der Waals surface area contributed by atoms with Crippen LogP contribution in [0.4, 0.5) is 0 Å². The van der Waals surface area contributed by atoms with Crippen LogP contribution in [-0.2, 0) is 9.53 Å². The molecule has 2 heterocycles. The maximum Gasteiger partial charge on any atom is 0.338 e. The van der Waals surface area contributed by atoms with Crippen molar-refractivity contribution < 1.29 is 14.3 Å². The van der Waals surface area contributed by atoms with Crippen molar-refractivity contribution in [3.05, 3.63) is 93.6 Å². The number of hydrogen-bond donors (Lipinski definition) is 0. The van der Waals surface area contributed by atoms with E-state index in [0.717, 1.165) is 0 Å². The standard InChI is InChI=1S/C24H19Cl3N2O4S/c1-4-33-23(31)19-12(2)28-24-29(20(19)14-5-7-15(25)8-6-14)22(30)18(34-24)11-13-9-16(26)21(32-3)17(27)10-13/h5-11,20H,4H2,1-3H3/b18-11-/t20-/m1/s1. The normalized spacial score (nSPS) is 15.7. The summed E-state index contributed by atoms with van der Waals surface area (Å²) in [5.41, 5.74) is 1.83. The molecule has 0 unspecified atom stereocenters. The first-order chi connectivity index (χ1) is 16.2. The molecule has 0 N–H and O–H groups in total. The minimum absolute atomic E-state index is 0.201. The average Bonchev–Trinajstić information content (AvgIpc) is 3.08. The van der Waals surface area contributed by atoms with Gasteiger partial charge in [0, 0.05) is 5.02 Å². The Morgan fingerprint density at radius 1 is 1.18 bits per heavy atom. The highest BCUT2D eigenvalue weighted by atomic mass is 35.5. The number of hydrogen-bond acceptors (Lipinski definition) is 6. The van der Waals surface area contributed by atoms with Gasteiger partial charge in [-0.25, -0.2) is 9.79 Å². The van der Waals surface area contributed by atoms with Gasteiger partial charge in [0.25, 0.3) is 5.56 Å². The third-order valence-corrected chi connectivity index (χ3v) is 7.02. The third kappa shape index (κ3) is 4.53. The lowest BCUT2D eigenvalue weighted by Crippen LogP contribution is -2.39. The van der Waals surface area contributed by atoms with Crippen LogP contribution in [0.3, 0.4) is 0 Å². The van der Waals surface area contributed by atoms with Gasteiger partial charge in [0.1, 0.15) is 0 Å². The number of allylic oxidation sites excluding steroid dienone is 1. The molecule has 1 aromatic heterocycles. The van der Waals surface area contributed by atoms with Crippen LogP contribution in [0.2, 0.25) is 15.1 Å². The third-order valence-electron chi connectivity index (χ3n) is 5.23. The second-order valence-corrected chi connectivity index (χ2v) is 9.63. The fraction of sp³-hybridized carbons (Fsp3) is 0.208. The summed E-state index contributed by atoms with van der Waals surface area (Å²) in [6.45, 7) is 3.66. The summed E-state index contributed by atoms with van der Waals surface area (Å²) in [4.78, 5) is 31.5. The Kier molecular flexibility index (Phi) is 7.19. The van der Waals surface area contributed by atoms with Crippen molar-refractivity contribution in [1.82, 2.24) is 4.57 Å². The first kappa shape index (κ1) is 24.5. The van der Waals surface area contributed by atoms with Crippen LogP contribution in [0.1, 0.15) is 31.0 Å². The van der Waals surface area contributed by atoms with Crippen LogP contribution in [0.5, 0.6) is 5.75 Å². The summed E-state index contributed by atoms with van der Waals surface area (Å²) in [6.07, 6.45) is 1.68. The molecule has 0 saturated carbocycles. The second kappa shape index (κ2) is 9.96. The van der Waals surface area contributed by atoms with Crippen LogP contribution in [0, 0.1) is 0 Å². The number of esters is 1. The largest absolute Gasteiger partial charge is 0.494 e. The SMILES string of the molecule is CCOC(=O)C1=C(C)N=c2s/c(=C\c3cc(Cl)c(OC)c(Cl)c3)c(=O)n2[C@@H]1c1ccc(Cl)cc1. The zero-order valence-electron chi connectivity index (χ0n) is 18.4. The predicted molar refractivity (Wildman–Crippen MR) is 135 cm³/mol. The molecule has 3 aromatic rings. The van der Waals surface area contributed by atoms with Crippen LogP contribution in [0.25, 0.3) is 6.08 Å². The Morgan fingerprint density at radius 3 is 2.41 bits per heavy atom. The van der Waals surface area contributed by atoms with E-state index in [1.165, 1.54) is 23.0 Å². The molecule has 0 fully saturated rings. The molecule has 4 rings (SSSR count). The Balaban J connectivity index is 1.94. The van der Waals surface area contributed by atoms with Gasteiger partial charge < -0.3 is 9.47 Å². The number of thiazole rings is 1. The molecule has 0 radical (unpaired) electrons. The molecule has 6 nitrogen and oxygen atoms in total. The summed E-state index contributed by atoms with van der Waals surface area (Å²) in [7, 11) is 1.48. The highest BCUT2D eigenvalue weighted by Crippen LogP contribution is 2.34. The van der Waals surface area contributed by atoms with E-state index < -0.39 is 12.0 Å². The second-order valence-electron chi connectivity index (χ2n) is 7.37. The van der Waals surface area contributed by atoms with Crippen LogP contribution < -0.4 is 19.6 Å². The number of fused-ring (bicyclic) bond motifs is 1.